The third-order valence-electron chi connectivity index (χ3n) is 1.88. The minimum Gasteiger partial charge on any atom is -0.467 e. The molecule has 0 spiro atoms. The number of nitrogens with two attached hydrogens (primary N) is 1. The van der Waals surface area contributed by atoms with Gasteiger partial charge < -0.3 is 25.3 Å². The maximum absolute atomic E-state index is 10.3. The van der Waals surface area contributed by atoms with E-state index in [-0.39, 0.29) is 6.61 Å². The predicted octanol–water partition coefficient (Wildman–Crippen LogP) is -0.595. The molecule has 0 aliphatic heterocycles. The van der Waals surface area contributed by atoms with Gasteiger partial charge in [0.2, 0.25) is 5.91 Å². The highest BCUT2D eigenvalue weighted by molar-refractivity contribution is 5.74. The van der Waals surface area contributed by atoms with E-state index in [4.69, 9.17) is 14.9 Å². The summed E-state index contributed by atoms with van der Waals surface area (Å²) in [6, 6.07) is 3.42. The lowest BCUT2D eigenvalue weighted by molar-refractivity contribution is -0.122. The Morgan fingerprint density at radius 2 is 2.50 bits per heavy atom. The van der Waals surface area contributed by atoms with Gasteiger partial charge in [-0.2, -0.15) is 0 Å². The quantitative estimate of drug-likeness (QED) is 0.516. The van der Waals surface area contributed by atoms with Crippen molar-refractivity contribution in [3.8, 4) is 0 Å². The predicted molar refractivity (Wildman–Crippen MR) is 56.6 cm³/mol. The van der Waals surface area contributed by atoms with Crippen molar-refractivity contribution in [1.82, 2.24) is 5.32 Å². The van der Waals surface area contributed by atoms with Crippen LogP contribution in [0.2, 0.25) is 0 Å². The molecule has 90 valence electrons. The Bertz CT molecular complexity index is 300. The summed E-state index contributed by atoms with van der Waals surface area (Å²) in [5.41, 5.74) is 4.88. The third-order valence-corrected chi connectivity index (χ3v) is 1.88. The zero-order chi connectivity index (χ0) is 11.8. The standard InChI is InChI=1S/C10H16N2O4/c11-10(14)7-15-5-3-12-6-8(13)9-2-1-4-16-9/h1-2,4,8,12-13H,3,5-7H2,(H2,11,14). The third kappa shape index (κ3) is 4.92. The molecule has 4 N–H and O–H groups in total. The van der Waals surface area contributed by atoms with E-state index in [2.05, 4.69) is 5.32 Å². The number of hydrogen-bond donors (Lipinski definition) is 3. The molecule has 1 amide bonds. The first-order valence-corrected chi connectivity index (χ1v) is 4.98. The molecule has 0 fully saturated rings. The topological polar surface area (TPSA) is 97.7 Å². The Morgan fingerprint density at radius 1 is 1.69 bits per heavy atom. The number of aliphatic hydroxyl groups is 1. The average molecular weight is 228 g/mol. The van der Waals surface area contributed by atoms with Crippen LogP contribution in [0.5, 0.6) is 0 Å². The normalized spacial score (nSPS) is 12.6. The molecule has 1 rings (SSSR count). The number of rotatable bonds is 8. The first-order valence-electron chi connectivity index (χ1n) is 4.98. The minimum absolute atomic E-state index is 0.0809. The van der Waals surface area contributed by atoms with Gasteiger partial charge in [0.15, 0.2) is 0 Å². The maximum atomic E-state index is 10.3. The molecule has 0 saturated heterocycles. The molecule has 6 nitrogen and oxygen atoms in total. The molecule has 1 atom stereocenters. The Balaban J connectivity index is 2.01. The number of primary amides is 1. The molecule has 16 heavy (non-hydrogen) atoms. The highest BCUT2D eigenvalue weighted by atomic mass is 16.5. The Kier molecular flexibility index (Phi) is 5.55. The van der Waals surface area contributed by atoms with Crippen molar-refractivity contribution in [3.05, 3.63) is 24.2 Å². The highest BCUT2D eigenvalue weighted by Crippen LogP contribution is 2.11. The number of furan rings is 1. The van der Waals surface area contributed by atoms with Crippen LogP contribution < -0.4 is 11.1 Å². The highest BCUT2D eigenvalue weighted by Gasteiger charge is 2.08. The van der Waals surface area contributed by atoms with Crippen molar-refractivity contribution < 1.29 is 19.1 Å². The average Bonchev–Trinajstić information content (AvgIpc) is 2.75. The van der Waals surface area contributed by atoms with Crippen LogP contribution in [0.25, 0.3) is 0 Å². The molecule has 1 aromatic heterocycles. The summed E-state index contributed by atoms with van der Waals surface area (Å²) in [7, 11) is 0. The molecule has 1 unspecified atom stereocenters. The molecule has 0 aliphatic rings. The molecule has 6 heteroatoms. The molecule has 0 aliphatic carbocycles. The van der Waals surface area contributed by atoms with Gasteiger partial charge in [-0.25, -0.2) is 0 Å². The maximum Gasteiger partial charge on any atom is 0.243 e. The fraction of sp³-hybridized carbons (Fsp3) is 0.500. The van der Waals surface area contributed by atoms with Crippen molar-refractivity contribution in [3.63, 3.8) is 0 Å². The Morgan fingerprint density at radius 3 is 3.12 bits per heavy atom. The van der Waals surface area contributed by atoms with E-state index in [1.807, 2.05) is 0 Å². The lowest BCUT2D eigenvalue weighted by atomic mass is 10.3. The van der Waals surface area contributed by atoms with Crippen LogP contribution in [-0.4, -0.2) is 37.3 Å². The summed E-state index contributed by atoms with van der Waals surface area (Å²) in [4.78, 5) is 10.3. The molecular formula is C10H16N2O4. The second-order valence-corrected chi connectivity index (χ2v) is 3.25. The van der Waals surface area contributed by atoms with Gasteiger partial charge in [-0.05, 0) is 12.1 Å². The van der Waals surface area contributed by atoms with E-state index in [1.165, 1.54) is 6.26 Å². The SMILES string of the molecule is NC(=O)COCCNCC(O)c1ccco1. The summed E-state index contributed by atoms with van der Waals surface area (Å²) >= 11 is 0. The van der Waals surface area contributed by atoms with Crippen LogP contribution in [-0.2, 0) is 9.53 Å². The van der Waals surface area contributed by atoms with Crippen molar-refractivity contribution >= 4 is 5.91 Å². The minimum atomic E-state index is -0.675. The number of hydrogen-bond acceptors (Lipinski definition) is 5. The molecule has 1 heterocycles. The van der Waals surface area contributed by atoms with Crippen molar-refractivity contribution in [2.24, 2.45) is 5.73 Å². The summed E-state index contributed by atoms with van der Waals surface area (Å²) in [5, 5.41) is 12.5. The number of carbonyl (C=O) groups excluding carboxylic acids is 1. The van der Waals surface area contributed by atoms with E-state index in [0.717, 1.165) is 0 Å². The number of carbonyl (C=O) groups is 1. The fourth-order valence-electron chi connectivity index (χ4n) is 1.14. The van der Waals surface area contributed by atoms with E-state index in [9.17, 15) is 9.90 Å². The lowest BCUT2D eigenvalue weighted by Gasteiger charge is -2.09. The number of nitrogens with one attached hydrogen (secondary N) is 1. The van der Waals surface area contributed by atoms with Gasteiger partial charge >= 0.3 is 0 Å². The van der Waals surface area contributed by atoms with Crippen LogP contribution in [0.1, 0.15) is 11.9 Å². The van der Waals surface area contributed by atoms with E-state index >= 15 is 0 Å². The smallest absolute Gasteiger partial charge is 0.243 e. The first-order chi connectivity index (χ1) is 7.70. The number of ether oxygens (including phenoxy) is 1. The molecule has 0 bridgehead atoms. The number of amides is 1. The van der Waals surface area contributed by atoms with Gasteiger partial charge in [0.05, 0.1) is 12.9 Å². The van der Waals surface area contributed by atoms with Crippen molar-refractivity contribution in [2.75, 3.05) is 26.3 Å². The molecule has 0 saturated carbocycles. The van der Waals surface area contributed by atoms with Crippen molar-refractivity contribution in [1.29, 1.82) is 0 Å². The van der Waals surface area contributed by atoms with Crippen LogP contribution in [0.3, 0.4) is 0 Å². The van der Waals surface area contributed by atoms with E-state index in [0.29, 0.717) is 25.5 Å². The Hall–Kier alpha value is -1.37. The molecule has 0 aromatic carbocycles. The second-order valence-electron chi connectivity index (χ2n) is 3.25. The van der Waals surface area contributed by atoms with Crippen LogP contribution in [0.15, 0.2) is 22.8 Å². The van der Waals surface area contributed by atoms with E-state index in [1.54, 1.807) is 12.1 Å². The summed E-state index contributed by atoms with van der Waals surface area (Å²) in [5.74, 6) is 0.0289. The summed E-state index contributed by atoms with van der Waals surface area (Å²) < 4.78 is 9.95. The Labute approximate surface area is 93.4 Å². The number of aliphatic hydroxyl groups excluding tert-OH is 1. The first kappa shape index (κ1) is 12.7. The monoisotopic (exact) mass is 228 g/mol. The fourth-order valence-corrected chi connectivity index (χ4v) is 1.14. The molecular weight excluding hydrogens is 212 g/mol. The van der Waals surface area contributed by atoms with Crippen LogP contribution in [0, 0.1) is 0 Å². The van der Waals surface area contributed by atoms with E-state index < -0.39 is 12.0 Å². The van der Waals surface area contributed by atoms with Gasteiger partial charge in [-0.15, -0.1) is 0 Å². The second kappa shape index (κ2) is 7.00. The summed E-state index contributed by atoms with van der Waals surface area (Å²) in [6.45, 7) is 1.19. The van der Waals surface area contributed by atoms with Gasteiger partial charge in [0.25, 0.3) is 0 Å². The van der Waals surface area contributed by atoms with Crippen molar-refractivity contribution in [2.45, 2.75) is 6.10 Å². The zero-order valence-corrected chi connectivity index (χ0v) is 8.89. The van der Waals surface area contributed by atoms with Gasteiger partial charge in [0.1, 0.15) is 18.5 Å². The molecule has 1 aromatic rings. The van der Waals surface area contributed by atoms with Gasteiger partial charge in [-0.3, -0.25) is 4.79 Å². The van der Waals surface area contributed by atoms with Gasteiger partial charge in [0, 0.05) is 13.1 Å². The van der Waals surface area contributed by atoms with Crippen LogP contribution in [0.4, 0.5) is 0 Å². The van der Waals surface area contributed by atoms with Crippen LogP contribution >= 0.6 is 0 Å². The lowest BCUT2D eigenvalue weighted by Crippen LogP contribution is -2.27. The van der Waals surface area contributed by atoms with Gasteiger partial charge in [-0.1, -0.05) is 0 Å². The summed E-state index contributed by atoms with van der Waals surface area (Å²) in [6.07, 6.45) is 0.834. The molecule has 0 radical (unpaired) electrons. The zero-order valence-electron chi connectivity index (χ0n) is 8.89. The largest absolute Gasteiger partial charge is 0.467 e.